The third kappa shape index (κ3) is 4.19. The lowest BCUT2D eigenvalue weighted by molar-refractivity contribution is 0.0796. The molecule has 1 heterocycles. The quantitative estimate of drug-likeness (QED) is 0.817. The zero-order valence-electron chi connectivity index (χ0n) is 13.5. The first kappa shape index (κ1) is 15.3. The van der Waals surface area contributed by atoms with Crippen LogP contribution < -0.4 is 5.32 Å². The van der Waals surface area contributed by atoms with Gasteiger partial charge in [-0.05, 0) is 57.9 Å². The Hall–Kier alpha value is -0.0800. The Morgan fingerprint density at radius 1 is 1.05 bits per heavy atom. The molecule has 1 saturated carbocycles. The van der Waals surface area contributed by atoms with Crippen molar-refractivity contribution < 1.29 is 0 Å². The summed E-state index contributed by atoms with van der Waals surface area (Å²) < 4.78 is 0. The number of rotatable bonds is 5. The van der Waals surface area contributed by atoms with Crippen LogP contribution in [0.2, 0.25) is 0 Å². The van der Waals surface area contributed by atoms with E-state index in [-0.39, 0.29) is 0 Å². The highest BCUT2D eigenvalue weighted by Gasteiger charge is 2.31. The first-order valence-electron chi connectivity index (χ1n) is 8.57. The standard InChI is InChI=1S/C17H34N2/c1-13(2)15-7-5-9-17(11-15)19(14(3)4)12-16-8-6-10-18-16/h13-18H,5-12H2,1-4H3. The van der Waals surface area contributed by atoms with E-state index < -0.39 is 0 Å². The van der Waals surface area contributed by atoms with Crippen LogP contribution in [0.25, 0.3) is 0 Å². The Morgan fingerprint density at radius 2 is 1.84 bits per heavy atom. The Bertz CT molecular complexity index is 256. The summed E-state index contributed by atoms with van der Waals surface area (Å²) in [5.41, 5.74) is 0. The minimum absolute atomic E-state index is 0.693. The molecule has 3 atom stereocenters. The zero-order valence-corrected chi connectivity index (χ0v) is 13.5. The van der Waals surface area contributed by atoms with E-state index in [2.05, 4.69) is 37.9 Å². The first-order chi connectivity index (χ1) is 9.08. The molecule has 3 unspecified atom stereocenters. The average molecular weight is 266 g/mol. The van der Waals surface area contributed by atoms with Crippen LogP contribution in [0.1, 0.15) is 66.2 Å². The monoisotopic (exact) mass is 266 g/mol. The van der Waals surface area contributed by atoms with Crippen LogP contribution in [0.3, 0.4) is 0 Å². The highest BCUT2D eigenvalue weighted by atomic mass is 15.2. The molecule has 2 aliphatic rings. The number of nitrogens with one attached hydrogen (secondary N) is 1. The molecule has 1 aliphatic carbocycles. The second-order valence-electron chi connectivity index (χ2n) is 7.41. The van der Waals surface area contributed by atoms with Gasteiger partial charge in [0.2, 0.25) is 0 Å². The summed E-state index contributed by atoms with van der Waals surface area (Å²) >= 11 is 0. The van der Waals surface area contributed by atoms with Crippen molar-refractivity contribution in [1.82, 2.24) is 10.2 Å². The van der Waals surface area contributed by atoms with E-state index in [4.69, 9.17) is 0 Å². The summed E-state index contributed by atoms with van der Waals surface area (Å²) in [4.78, 5) is 2.80. The molecule has 2 rings (SSSR count). The van der Waals surface area contributed by atoms with Gasteiger partial charge in [-0.2, -0.15) is 0 Å². The number of hydrogen-bond acceptors (Lipinski definition) is 2. The van der Waals surface area contributed by atoms with Crippen molar-refractivity contribution in [3.8, 4) is 0 Å². The van der Waals surface area contributed by atoms with Crippen molar-refractivity contribution in [3.05, 3.63) is 0 Å². The second-order valence-corrected chi connectivity index (χ2v) is 7.41. The van der Waals surface area contributed by atoms with E-state index in [1.54, 1.807) is 0 Å². The van der Waals surface area contributed by atoms with Crippen LogP contribution in [0, 0.1) is 11.8 Å². The maximum atomic E-state index is 3.67. The molecule has 0 aromatic heterocycles. The van der Waals surface area contributed by atoms with E-state index in [1.165, 1.54) is 51.6 Å². The molecule has 2 nitrogen and oxygen atoms in total. The molecule has 1 N–H and O–H groups in total. The molecule has 1 saturated heterocycles. The lowest BCUT2D eigenvalue weighted by Crippen LogP contribution is -2.48. The van der Waals surface area contributed by atoms with Gasteiger partial charge in [0.05, 0.1) is 0 Å². The Labute approximate surface area is 120 Å². The summed E-state index contributed by atoms with van der Waals surface area (Å²) in [6.07, 6.45) is 8.51. The lowest BCUT2D eigenvalue weighted by atomic mass is 9.78. The summed E-state index contributed by atoms with van der Waals surface area (Å²) in [7, 11) is 0. The van der Waals surface area contributed by atoms with Crippen molar-refractivity contribution in [2.75, 3.05) is 13.1 Å². The molecule has 2 fully saturated rings. The van der Waals surface area contributed by atoms with E-state index >= 15 is 0 Å². The van der Waals surface area contributed by atoms with Crippen LogP contribution >= 0.6 is 0 Å². The molecule has 0 aromatic rings. The predicted molar refractivity (Wildman–Crippen MR) is 83.5 cm³/mol. The van der Waals surface area contributed by atoms with Crippen LogP contribution in [-0.2, 0) is 0 Å². The van der Waals surface area contributed by atoms with Gasteiger partial charge >= 0.3 is 0 Å². The van der Waals surface area contributed by atoms with Crippen molar-refractivity contribution in [2.45, 2.75) is 84.3 Å². The molecular weight excluding hydrogens is 232 g/mol. The van der Waals surface area contributed by atoms with Crippen molar-refractivity contribution in [2.24, 2.45) is 11.8 Å². The van der Waals surface area contributed by atoms with Gasteiger partial charge in [-0.15, -0.1) is 0 Å². The van der Waals surface area contributed by atoms with E-state index in [1.807, 2.05) is 0 Å². The van der Waals surface area contributed by atoms with Gasteiger partial charge in [-0.25, -0.2) is 0 Å². The van der Waals surface area contributed by atoms with E-state index in [0.29, 0.717) is 6.04 Å². The Kier molecular flexibility index (Phi) is 5.70. The Balaban J connectivity index is 1.93. The van der Waals surface area contributed by atoms with Gasteiger partial charge < -0.3 is 5.32 Å². The van der Waals surface area contributed by atoms with E-state index in [9.17, 15) is 0 Å². The lowest BCUT2D eigenvalue weighted by Gasteiger charge is -2.42. The molecule has 19 heavy (non-hydrogen) atoms. The maximum absolute atomic E-state index is 3.67. The van der Waals surface area contributed by atoms with Gasteiger partial charge in [0.25, 0.3) is 0 Å². The summed E-state index contributed by atoms with van der Waals surface area (Å²) in [6.45, 7) is 12.1. The minimum atomic E-state index is 0.693. The molecule has 112 valence electrons. The summed E-state index contributed by atoms with van der Waals surface area (Å²) in [5.74, 6) is 1.82. The average Bonchev–Trinajstić information content (AvgIpc) is 2.88. The maximum Gasteiger partial charge on any atom is 0.0195 e. The normalized spacial score (nSPS) is 32.7. The molecule has 1 aliphatic heterocycles. The SMILES string of the molecule is CC(C)C1CCCC(N(CC2CCCN2)C(C)C)C1. The second kappa shape index (κ2) is 7.08. The molecule has 0 bridgehead atoms. The van der Waals surface area contributed by atoms with Crippen molar-refractivity contribution in [3.63, 3.8) is 0 Å². The first-order valence-corrected chi connectivity index (χ1v) is 8.57. The molecule has 2 heteroatoms. The topological polar surface area (TPSA) is 15.3 Å². The summed E-state index contributed by atoms with van der Waals surface area (Å²) in [5, 5.41) is 3.67. The molecular formula is C17H34N2. The molecule has 0 aromatic carbocycles. The van der Waals surface area contributed by atoms with Crippen LogP contribution in [0.4, 0.5) is 0 Å². The molecule has 0 spiro atoms. The highest BCUT2D eigenvalue weighted by Crippen LogP contribution is 2.33. The van der Waals surface area contributed by atoms with Gasteiger partial charge in [0.15, 0.2) is 0 Å². The molecule has 0 amide bonds. The largest absolute Gasteiger partial charge is 0.313 e. The van der Waals surface area contributed by atoms with Gasteiger partial charge in [0, 0.05) is 24.7 Å². The summed E-state index contributed by atoms with van der Waals surface area (Å²) in [6, 6.07) is 2.28. The third-order valence-corrected chi connectivity index (χ3v) is 5.36. The fourth-order valence-corrected chi connectivity index (χ4v) is 4.06. The van der Waals surface area contributed by atoms with Crippen molar-refractivity contribution >= 4 is 0 Å². The highest BCUT2D eigenvalue weighted by molar-refractivity contribution is 4.87. The fraction of sp³-hybridized carbons (Fsp3) is 1.00. The minimum Gasteiger partial charge on any atom is -0.313 e. The zero-order chi connectivity index (χ0) is 13.8. The van der Waals surface area contributed by atoms with Gasteiger partial charge in [-0.3, -0.25) is 4.90 Å². The third-order valence-electron chi connectivity index (χ3n) is 5.36. The Morgan fingerprint density at radius 3 is 2.42 bits per heavy atom. The van der Waals surface area contributed by atoms with Crippen LogP contribution in [-0.4, -0.2) is 36.1 Å². The smallest absolute Gasteiger partial charge is 0.0195 e. The van der Waals surface area contributed by atoms with Crippen LogP contribution in [0.15, 0.2) is 0 Å². The van der Waals surface area contributed by atoms with Gasteiger partial charge in [-0.1, -0.05) is 26.7 Å². The van der Waals surface area contributed by atoms with Crippen molar-refractivity contribution in [1.29, 1.82) is 0 Å². The fourth-order valence-electron chi connectivity index (χ4n) is 4.06. The van der Waals surface area contributed by atoms with Gasteiger partial charge in [0.1, 0.15) is 0 Å². The molecule has 0 radical (unpaired) electrons. The number of nitrogens with zero attached hydrogens (tertiary/aromatic N) is 1. The predicted octanol–water partition coefficient (Wildman–Crippen LogP) is 3.66. The number of hydrogen-bond donors (Lipinski definition) is 1. The van der Waals surface area contributed by atoms with Crippen LogP contribution in [0.5, 0.6) is 0 Å². The van der Waals surface area contributed by atoms with E-state index in [0.717, 1.165) is 23.9 Å².